The van der Waals surface area contributed by atoms with Crippen LogP contribution in [0.15, 0.2) is 18.3 Å². The van der Waals surface area contributed by atoms with Crippen LogP contribution >= 0.6 is 0 Å². The van der Waals surface area contributed by atoms with Crippen molar-refractivity contribution < 1.29 is 19.4 Å². The summed E-state index contributed by atoms with van der Waals surface area (Å²) in [6, 6.07) is 2.51. The lowest BCUT2D eigenvalue weighted by Crippen LogP contribution is -2.44. The number of carbonyl (C=O) groups is 2. The Bertz CT molecular complexity index is 406. The van der Waals surface area contributed by atoms with E-state index in [1.165, 1.54) is 0 Å². The van der Waals surface area contributed by atoms with Crippen molar-refractivity contribution >= 4 is 12.1 Å². The minimum Gasteiger partial charge on any atom is -0.480 e. The molecule has 6 heteroatoms. The third kappa shape index (κ3) is 4.90. The number of hydrogen-bond acceptors (Lipinski definition) is 3. The van der Waals surface area contributed by atoms with Crippen molar-refractivity contribution in [3.8, 4) is 0 Å². The van der Waals surface area contributed by atoms with Crippen molar-refractivity contribution in [3.63, 3.8) is 0 Å². The molecule has 0 saturated heterocycles. The quantitative estimate of drug-likeness (QED) is 0.760. The Morgan fingerprint density at radius 3 is 2.61 bits per heavy atom. The lowest BCUT2D eigenvalue weighted by molar-refractivity contribution is -0.139. The van der Waals surface area contributed by atoms with Crippen LogP contribution in [-0.4, -0.2) is 33.8 Å². The second-order valence-corrected chi connectivity index (χ2v) is 4.94. The van der Waals surface area contributed by atoms with Gasteiger partial charge in [0.15, 0.2) is 0 Å². The van der Waals surface area contributed by atoms with E-state index in [1.54, 1.807) is 39.1 Å². The summed E-state index contributed by atoms with van der Waals surface area (Å²) in [4.78, 5) is 25.4. The average molecular weight is 254 g/mol. The van der Waals surface area contributed by atoms with Crippen LogP contribution in [0, 0.1) is 0 Å². The molecule has 0 aliphatic heterocycles. The number of H-pyrrole nitrogens is 1. The number of hydrogen-bond donors (Lipinski definition) is 3. The summed E-state index contributed by atoms with van der Waals surface area (Å²) < 4.78 is 5.01. The maximum atomic E-state index is 11.5. The van der Waals surface area contributed by atoms with E-state index in [0.29, 0.717) is 0 Å². The summed E-state index contributed by atoms with van der Waals surface area (Å²) in [7, 11) is 0. The lowest BCUT2D eigenvalue weighted by Gasteiger charge is -2.21. The molecule has 1 heterocycles. The van der Waals surface area contributed by atoms with Crippen molar-refractivity contribution in [1.29, 1.82) is 0 Å². The number of carbonyl (C=O) groups excluding carboxylic acids is 1. The largest absolute Gasteiger partial charge is 0.480 e. The first-order valence-electron chi connectivity index (χ1n) is 5.62. The van der Waals surface area contributed by atoms with Gasteiger partial charge in [0.05, 0.1) is 0 Å². The number of aliphatic carboxylic acids is 1. The highest BCUT2D eigenvalue weighted by Gasteiger charge is 2.24. The van der Waals surface area contributed by atoms with Crippen molar-refractivity contribution in [2.75, 3.05) is 0 Å². The SMILES string of the molecule is CC(C)(C)OC(=O)NC(Cc1ccc[nH]1)C(=O)O. The number of nitrogens with one attached hydrogen (secondary N) is 2. The molecule has 1 aromatic heterocycles. The second kappa shape index (κ2) is 5.57. The van der Waals surface area contributed by atoms with Crippen molar-refractivity contribution in [2.45, 2.75) is 38.8 Å². The Morgan fingerprint density at radius 1 is 1.50 bits per heavy atom. The highest BCUT2D eigenvalue weighted by molar-refractivity contribution is 5.80. The minimum atomic E-state index is -1.10. The van der Waals surface area contributed by atoms with Crippen LogP contribution in [0.4, 0.5) is 4.79 Å². The Kier molecular flexibility index (Phi) is 4.36. The Morgan fingerprint density at radius 2 is 2.17 bits per heavy atom. The zero-order valence-electron chi connectivity index (χ0n) is 10.7. The molecule has 3 N–H and O–H groups in total. The van der Waals surface area contributed by atoms with Gasteiger partial charge in [0, 0.05) is 18.3 Å². The van der Waals surface area contributed by atoms with Gasteiger partial charge >= 0.3 is 12.1 Å². The van der Waals surface area contributed by atoms with Crippen molar-refractivity contribution in [3.05, 3.63) is 24.0 Å². The van der Waals surface area contributed by atoms with E-state index in [1.807, 2.05) is 0 Å². The summed E-state index contributed by atoms with van der Waals surface area (Å²) in [5.41, 5.74) is 0.0815. The van der Waals surface area contributed by atoms with Crippen LogP contribution < -0.4 is 5.32 Å². The number of carboxylic acids is 1. The molecule has 1 aromatic rings. The zero-order valence-corrected chi connectivity index (χ0v) is 10.7. The standard InChI is InChI=1S/C12H18N2O4/c1-12(2,3)18-11(17)14-9(10(15)16)7-8-5-4-6-13-8/h4-6,9,13H,7H2,1-3H3,(H,14,17)(H,15,16). The fourth-order valence-corrected chi connectivity index (χ4v) is 1.36. The maximum absolute atomic E-state index is 11.5. The average Bonchev–Trinajstić information content (AvgIpc) is 2.66. The van der Waals surface area contributed by atoms with E-state index in [0.717, 1.165) is 5.69 Å². The first kappa shape index (κ1) is 14.1. The van der Waals surface area contributed by atoms with Gasteiger partial charge in [0.1, 0.15) is 11.6 Å². The minimum absolute atomic E-state index is 0.182. The maximum Gasteiger partial charge on any atom is 0.408 e. The first-order valence-corrected chi connectivity index (χ1v) is 5.62. The molecule has 0 radical (unpaired) electrons. The van der Waals surface area contributed by atoms with Gasteiger partial charge in [-0.15, -0.1) is 0 Å². The molecule has 0 aliphatic carbocycles. The number of rotatable bonds is 4. The predicted octanol–water partition coefficient (Wildman–Crippen LogP) is 1.54. The summed E-state index contributed by atoms with van der Waals surface area (Å²) in [5.74, 6) is -1.10. The number of carboxylic acid groups (broad SMARTS) is 1. The Balaban J connectivity index is 2.58. The van der Waals surface area contributed by atoms with Gasteiger partial charge < -0.3 is 20.1 Å². The fourth-order valence-electron chi connectivity index (χ4n) is 1.36. The van der Waals surface area contributed by atoms with Crippen LogP contribution in [0.1, 0.15) is 26.5 Å². The summed E-state index contributed by atoms with van der Waals surface area (Å²) in [5, 5.41) is 11.4. The molecule has 1 amide bonds. The smallest absolute Gasteiger partial charge is 0.408 e. The van der Waals surface area contributed by atoms with E-state index in [-0.39, 0.29) is 6.42 Å². The highest BCUT2D eigenvalue weighted by atomic mass is 16.6. The molecule has 0 spiro atoms. The number of alkyl carbamates (subject to hydrolysis) is 1. The molecule has 0 saturated carbocycles. The fraction of sp³-hybridized carbons (Fsp3) is 0.500. The monoisotopic (exact) mass is 254 g/mol. The Labute approximate surface area is 105 Å². The van der Waals surface area contributed by atoms with Crippen molar-refractivity contribution in [2.24, 2.45) is 0 Å². The highest BCUT2D eigenvalue weighted by Crippen LogP contribution is 2.08. The zero-order chi connectivity index (χ0) is 13.8. The lowest BCUT2D eigenvalue weighted by atomic mass is 10.1. The number of aromatic amines is 1. The van der Waals surface area contributed by atoms with Gasteiger partial charge in [-0.1, -0.05) is 0 Å². The van der Waals surface area contributed by atoms with Crippen LogP contribution in [0.5, 0.6) is 0 Å². The molecule has 0 fully saturated rings. The van der Waals surface area contributed by atoms with Gasteiger partial charge in [0.25, 0.3) is 0 Å². The second-order valence-electron chi connectivity index (χ2n) is 4.94. The Hall–Kier alpha value is -1.98. The molecule has 6 nitrogen and oxygen atoms in total. The number of aromatic nitrogens is 1. The van der Waals surface area contributed by atoms with Crippen LogP contribution in [0.3, 0.4) is 0 Å². The third-order valence-electron chi connectivity index (χ3n) is 2.08. The van der Waals surface area contributed by atoms with E-state index in [9.17, 15) is 9.59 Å². The number of amides is 1. The van der Waals surface area contributed by atoms with E-state index in [4.69, 9.17) is 9.84 Å². The summed E-state index contributed by atoms with van der Waals surface area (Å²) in [6.07, 6.45) is 1.14. The molecule has 0 aromatic carbocycles. The van der Waals surface area contributed by atoms with Gasteiger partial charge in [-0.05, 0) is 32.9 Å². The third-order valence-corrected chi connectivity index (χ3v) is 2.08. The van der Waals surface area contributed by atoms with Gasteiger partial charge in [-0.25, -0.2) is 9.59 Å². The molecular weight excluding hydrogens is 236 g/mol. The van der Waals surface area contributed by atoms with Crippen LogP contribution in [0.2, 0.25) is 0 Å². The van der Waals surface area contributed by atoms with E-state index < -0.39 is 23.7 Å². The molecular formula is C12H18N2O4. The van der Waals surface area contributed by atoms with E-state index >= 15 is 0 Å². The normalized spacial score (nSPS) is 12.8. The first-order chi connectivity index (χ1) is 8.28. The van der Waals surface area contributed by atoms with Gasteiger partial charge in [-0.2, -0.15) is 0 Å². The molecule has 1 unspecified atom stereocenters. The molecule has 0 bridgehead atoms. The summed E-state index contributed by atoms with van der Waals surface area (Å²) >= 11 is 0. The van der Waals surface area contributed by atoms with E-state index in [2.05, 4.69) is 10.3 Å². The molecule has 100 valence electrons. The van der Waals surface area contributed by atoms with Crippen molar-refractivity contribution in [1.82, 2.24) is 10.3 Å². The topological polar surface area (TPSA) is 91.4 Å². The van der Waals surface area contributed by atoms with Gasteiger partial charge in [0.2, 0.25) is 0 Å². The van der Waals surface area contributed by atoms with Crippen LogP contribution in [0.25, 0.3) is 0 Å². The molecule has 18 heavy (non-hydrogen) atoms. The molecule has 1 rings (SSSR count). The number of ether oxygens (including phenoxy) is 1. The molecule has 1 atom stereocenters. The van der Waals surface area contributed by atoms with Crippen LogP contribution in [-0.2, 0) is 16.0 Å². The van der Waals surface area contributed by atoms with Gasteiger partial charge in [-0.3, -0.25) is 0 Å². The predicted molar refractivity (Wildman–Crippen MR) is 65.3 cm³/mol. The molecule has 0 aliphatic rings. The summed E-state index contributed by atoms with van der Waals surface area (Å²) in [6.45, 7) is 5.15.